The topological polar surface area (TPSA) is 83.5 Å². The molecule has 0 amide bonds. The predicted molar refractivity (Wildman–Crippen MR) is 95.1 cm³/mol. The van der Waals surface area contributed by atoms with E-state index in [9.17, 15) is 18.3 Å². The van der Waals surface area contributed by atoms with Gasteiger partial charge < -0.3 is 5.11 Å². The van der Waals surface area contributed by atoms with Gasteiger partial charge in [0.05, 0.1) is 10.5 Å². The molecule has 1 unspecified atom stereocenters. The molecule has 1 aliphatic rings. The zero-order valence-electron chi connectivity index (χ0n) is 14.0. The lowest BCUT2D eigenvalue weighted by Crippen LogP contribution is -2.46. The third-order valence-electron chi connectivity index (χ3n) is 4.64. The molecule has 0 aromatic heterocycles. The Labute approximate surface area is 147 Å². The Morgan fingerprint density at radius 2 is 1.88 bits per heavy atom. The quantitative estimate of drug-likeness (QED) is 0.801. The monoisotopic (exact) mass is 359 g/mol. The molecule has 1 atom stereocenters. The van der Waals surface area contributed by atoms with Gasteiger partial charge in [-0.3, -0.25) is 4.79 Å². The van der Waals surface area contributed by atoms with Crippen LogP contribution in [0.1, 0.15) is 34.8 Å². The number of sulfonamides is 1. The van der Waals surface area contributed by atoms with Crippen LogP contribution in [0.4, 0.5) is 0 Å². The van der Waals surface area contributed by atoms with Crippen molar-refractivity contribution in [2.75, 3.05) is 6.54 Å². The molecule has 5 nitrogen and oxygen atoms in total. The summed E-state index contributed by atoms with van der Waals surface area (Å²) >= 11 is 0. The third-order valence-corrected chi connectivity index (χ3v) is 6.04. The number of benzene rings is 2. The molecule has 0 fully saturated rings. The van der Waals surface area contributed by atoms with Crippen LogP contribution in [0, 0.1) is 0 Å². The molecule has 0 aliphatic heterocycles. The molecule has 25 heavy (non-hydrogen) atoms. The minimum absolute atomic E-state index is 0.0278. The van der Waals surface area contributed by atoms with E-state index in [-0.39, 0.29) is 17.2 Å². The molecule has 1 aliphatic carbocycles. The van der Waals surface area contributed by atoms with Crippen LogP contribution in [-0.4, -0.2) is 31.5 Å². The molecule has 0 saturated carbocycles. The number of rotatable bonds is 5. The van der Waals surface area contributed by atoms with E-state index in [0.717, 1.165) is 5.56 Å². The molecule has 2 aromatic carbocycles. The fraction of sp³-hybridized carbons (Fsp3) is 0.316. The van der Waals surface area contributed by atoms with E-state index in [1.807, 2.05) is 24.3 Å². The number of fused-ring (bicyclic) bond motifs is 1. The van der Waals surface area contributed by atoms with Crippen LogP contribution in [0.15, 0.2) is 53.4 Å². The van der Waals surface area contributed by atoms with E-state index < -0.39 is 15.6 Å². The lowest BCUT2D eigenvalue weighted by atomic mass is 9.80. The Balaban J connectivity index is 1.74. The van der Waals surface area contributed by atoms with Crippen molar-refractivity contribution in [2.24, 2.45) is 0 Å². The van der Waals surface area contributed by atoms with Gasteiger partial charge in [-0.15, -0.1) is 0 Å². The van der Waals surface area contributed by atoms with Crippen molar-refractivity contribution >= 4 is 15.8 Å². The zero-order valence-corrected chi connectivity index (χ0v) is 14.8. The van der Waals surface area contributed by atoms with Crippen molar-refractivity contribution in [3.63, 3.8) is 0 Å². The maximum Gasteiger partial charge on any atom is 0.240 e. The van der Waals surface area contributed by atoms with Gasteiger partial charge in [-0.1, -0.05) is 36.4 Å². The van der Waals surface area contributed by atoms with Crippen LogP contribution in [0.3, 0.4) is 0 Å². The second-order valence-electron chi connectivity index (χ2n) is 6.58. The summed E-state index contributed by atoms with van der Waals surface area (Å²) in [5.41, 5.74) is 1.48. The van der Waals surface area contributed by atoms with Crippen molar-refractivity contribution in [2.45, 2.75) is 36.7 Å². The second kappa shape index (κ2) is 6.71. The second-order valence-corrected chi connectivity index (χ2v) is 8.35. The standard InChI is InChI=1S/C19H21NO4S/c1-14(21)16-7-4-8-18(11-16)25(23,24)20-13-19(22)10-9-15-5-2-3-6-17(15)12-19/h2-8,11,20,22H,9-10,12-13H2,1H3. The van der Waals surface area contributed by atoms with Crippen molar-refractivity contribution in [1.29, 1.82) is 0 Å². The van der Waals surface area contributed by atoms with Gasteiger partial charge in [0.15, 0.2) is 5.78 Å². The highest BCUT2D eigenvalue weighted by Crippen LogP contribution is 2.28. The third kappa shape index (κ3) is 3.98. The molecular formula is C19H21NO4S. The first-order chi connectivity index (χ1) is 11.8. The summed E-state index contributed by atoms with van der Waals surface area (Å²) < 4.78 is 27.5. The summed E-state index contributed by atoms with van der Waals surface area (Å²) in [6.45, 7) is 1.33. The maximum absolute atomic E-state index is 12.5. The number of carbonyl (C=O) groups excluding carboxylic acids is 1. The molecule has 2 N–H and O–H groups in total. The van der Waals surface area contributed by atoms with Gasteiger partial charge in [0.1, 0.15) is 0 Å². The highest BCUT2D eigenvalue weighted by atomic mass is 32.2. The van der Waals surface area contributed by atoms with Crippen LogP contribution >= 0.6 is 0 Å². The number of carbonyl (C=O) groups is 1. The number of hydrogen-bond acceptors (Lipinski definition) is 4. The molecule has 0 heterocycles. The first-order valence-corrected chi connectivity index (χ1v) is 9.67. The summed E-state index contributed by atoms with van der Waals surface area (Å²) in [6, 6.07) is 13.8. The molecule has 132 valence electrons. The van der Waals surface area contributed by atoms with E-state index in [2.05, 4.69) is 4.72 Å². The van der Waals surface area contributed by atoms with E-state index in [1.54, 1.807) is 6.07 Å². The number of aliphatic hydroxyl groups is 1. The molecule has 0 bridgehead atoms. The SMILES string of the molecule is CC(=O)c1cccc(S(=O)(=O)NCC2(O)CCc3ccccc3C2)c1. The van der Waals surface area contributed by atoms with Gasteiger partial charge in [0.25, 0.3) is 0 Å². The zero-order chi connectivity index (χ0) is 18.1. The Hall–Kier alpha value is -2.02. The summed E-state index contributed by atoms with van der Waals surface area (Å²) in [7, 11) is -3.79. The number of Topliss-reactive ketones (excluding diaryl/α,β-unsaturated/α-hetero) is 1. The van der Waals surface area contributed by atoms with Gasteiger partial charge in [-0.05, 0) is 43.0 Å². The van der Waals surface area contributed by atoms with Crippen LogP contribution in [-0.2, 0) is 22.9 Å². The average molecular weight is 359 g/mol. The van der Waals surface area contributed by atoms with Crippen molar-refractivity contribution in [1.82, 2.24) is 4.72 Å². The average Bonchev–Trinajstić information content (AvgIpc) is 2.60. The minimum atomic E-state index is -3.79. The molecule has 6 heteroatoms. The summed E-state index contributed by atoms with van der Waals surface area (Å²) in [4.78, 5) is 11.5. The Morgan fingerprint density at radius 1 is 1.16 bits per heavy atom. The van der Waals surface area contributed by atoms with Crippen molar-refractivity contribution in [3.8, 4) is 0 Å². The first-order valence-electron chi connectivity index (χ1n) is 8.19. The van der Waals surface area contributed by atoms with E-state index >= 15 is 0 Å². The fourth-order valence-electron chi connectivity index (χ4n) is 3.13. The maximum atomic E-state index is 12.5. The molecule has 0 saturated heterocycles. The van der Waals surface area contributed by atoms with Gasteiger partial charge in [0, 0.05) is 18.5 Å². The Kier molecular flexibility index (Phi) is 4.77. The fourth-order valence-corrected chi connectivity index (χ4v) is 4.30. The van der Waals surface area contributed by atoms with Crippen LogP contribution in [0.5, 0.6) is 0 Å². The predicted octanol–water partition coefficient (Wildman–Crippen LogP) is 2.09. The lowest BCUT2D eigenvalue weighted by molar-refractivity contribution is 0.0317. The molecular weight excluding hydrogens is 338 g/mol. The van der Waals surface area contributed by atoms with E-state index in [4.69, 9.17) is 0 Å². The van der Waals surface area contributed by atoms with Crippen LogP contribution in [0.2, 0.25) is 0 Å². The smallest absolute Gasteiger partial charge is 0.240 e. The Bertz CT molecular complexity index is 907. The lowest BCUT2D eigenvalue weighted by Gasteiger charge is -2.33. The van der Waals surface area contributed by atoms with E-state index in [1.165, 1.54) is 30.7 Å². The molecule has 2 aromatic rings. The van der Waals surface area contributed by atoms with Crippen molar-refractivity contribution < 1.29 is 18.3 Å². The minimum Gasteiger partial charge on any atom is -0.388 e. The normalized spacial score (nSPS) is 20.1. The van der Waals surface area contributed by atoms with Gasteiger partial charge in [0.2, 0.25) is 10.0 Å². The number of nitrogens with one attached hydrogen (secondary N) is 1. The first kappa shape index (κ1) is 17.8. The Morgan fingerprint density at radius 3 is 2.60 bits per heavy atom. The molecule has 0 radical (unpaired) electrons. The number of hydrogen-bond donors (Lipinski definition) is 2. The molecule has 0 spiro atoms. The highest BCUT2D eigenvalue weighted by Gasteiger charge is 2.33. The molecule has 3 rings (SSSR count). The van der Waals surface area contributed by atoms with Crippen molar-refractivity contribution in [3.05, 3.63) is 65.2 Å². The van der Waals surface area contributed by atoms with Gasteiger partial charge in [-0.2, -0.15) is 0 Å². The summed E-state index contributed by atoms with van der Waals surface area (Å²) in [5.74, 6) is -0.195. The number of aryl methyl sites for hydroxylation is 1. The van der Waals surface area contributed by atoms with Crippen LogP contribution < -0.4 is 4.72 Å². The van der Waals surface area contributed by atoms with Gasteiger partial charge >= 0.3 is 0 Å². The summed E-state index contributed by atoms with van der Waals surface area (Å²) in [5, 5.41) is 10.8. The highest BCUT2D eigenvalue weighted by molar-refractivity contribution is 7.89. The largest absolute Gasteiger partial charge is 0.388 e. The van der Waals surface area contributed by atoms with Gasteiger partial charge in [-0.25, -0.2) is 13.1 Å². The number of ketones is 1. The summed E-state index contributed by atoms with van der Waals surface area (Å²) in [6.07, 6.45) is 1.63. The van der Waals surface area contributed by atoms with E-state index in [0.29, 0.717) is 24.8 Å². The van der Waals surface area contributed by atoms with Crippen LogP contribution in [0.25, 0.3) is 0 Å².